The molecule has 0 aromatic carbocycles. The molecule has 0 aromatic rings. The summed E-state index contributed by atoms with van der Waals surface area (Å²) >= 11 is 0. The first kappa shape index (κ1) is 12.8. The molecule has 4 heteroatoms. The highest BCUT2D eigenvalue weighted by atomic mass is 16.1. The largest absolute Gasteiger partial charge is 0.355 e. The van der Waals surface area contributed by atoms with Gasteiger partial charge in [0, 0.05) is 39.1 Å². The number of nitrogens with one attached hydrogen (secondary N) is 2. The van der Waals surface area contributed by atoms with Gasteiger partial charge in [-0.3, -0.25) is 9.69 Å². The molecule has 1 atom stereocenters. The molecule has 1 saturated carbocycles. The van der Waals surface area contributed by atoms with Crippen molar-refractivity contribution in [1.82, 2.24) is 15.5 Å². The van der Waals surface area contributed by atoms with Crippen LogP contribution in [0.5, 0.6) is 0 Å². The molecule has 2 aliphatic rings. The standard InChI is InChI=1S/C13H25N3O/c1-11(17)14-7-8-16(9-12-4-5-12)10-13-3-2-6-15-13/h12-13,15H,2-10H2,1H3,(H,14,17). The van der Waals surface area contributed by atoms with Gasteiger partial charge in [0.1, 0.15) is 0 Å². The zero-order chi connectivity index (χ0) is 12.1. The fraction of sp³-hybridized carbons (Fsp3) is 0.923. The first-order valence-corrected chi connectivity index (χ1v) is 6.94. The van der Waals surface area contributed by atoms with Gasteiger partial charge in [0.05, 0.1) is 0 Å². The summed E-state index contributed by atoms with van der Waals surface area (Å²) in [6.07, 6.45) is 5.42. The predicted octanol–water partition coefficient (Wildman–Crippen LogP) is 0.587. The Morgan fingerprint density at radius 2 is 2.18 bits per heavy atom. The Kier molecular flexibility index (Phi) is 4.80. The van der Waals surface area contributed by atoms with E-state index in [1.165, 1.54) is 38.8 Å². The van der Waals surface area contributed by atoms with Gasteiger partial charge in [0.25, 0.3) is 0 Å². The van der Waals surface area contributed by atoms with E-state index in [1.54, 1.807) is 6.92 Å². The zero-order valence-electron chi connectivity index (χ0n) is 10.9. The van der Waals surface area contributed by atoms with Crippen LogP contribution in [0.15, 0.2) is 0 Å². The maximum Gasteiger partial charge on any atom is 0.216 e. The van der Waals surface area contributed by atoms with E-state index in [9.17, 15) is 4.79 Å². The molecule has 98 valence electrons. The van der Waals surface area contributed by atoms with Gasteiger partial charge in [0.2, 0.25) is 5.91 Å². The van der Waals surface area contributed by atoms with Crippen LogP contribution in [-0.2, 0) is 4.79 Å². The zero-order valence-corrected chi connectivity index (χ0v) is 10.9. The van der Waals surface area contributed by atoms with Crippen LogP contribution < -0.4 is 10.6 Å². The Morgan fingerprint density at radius 1 is 1.35 bits per heavy atom. The maximum atomic E-state index is 10.9. The fourth-order valence-corrected chi connectivity index (χ4v) is 2.54. The Hall–Kier alpha value is -0.610. The first-order valence-electron chi connectivity index (χ1n) is 6.94. The summed E-state index contributed by atoms with van der Waals surface area (Å²) in [6.45, 7) is 6.91. The lowest BCUT2D eigenvalue weighted by molar-refractivity contribution is -0.119. The second-order valence-electron chi connectivity index (χ2n) is 5.48. The van der Waals surface area contributed by atoms with E-state index in [0.29, 0.717) is 6.04 Å². The summed E-state index contributed by atoms with van der Waals surface area (Å²) < 4.78 is 0. The molecule has 2 N–H and O–H groups in total. The molecule has 0 bridgehead atoms. The molecule has 2 rings (SSSR count). The minimum Gasteiger partial charge on any atom is -0.355 e. The molecule has 1 heterocycles. The molecule has 4 nitrogen and oxygen atoms in total. The van der Waals surface area contributed by atoms with Gasteiger partial charge in [-0.15, -0.1) is 0 Å². The van der Waals surface area contributed by atoms with Crippen molar-refractivity contribution in [3.63, 3.8) is 0 Å². The van der Waals surface area contributed by atoms with Crippen molar-refractivity contribution in [3.8, 4) is 0 Å². The van der Waals surface area contributed by atoms with Crippen LogP contribution in [-0.4, -0.2) is 49.6 Å². The predicted molar refractivity (Wildman–Crippen MR) is 68.9 cm³/mol. The van der Waals surface area contributed by atoms with Crippen LogP contribution >= 0.6 is 0 Å². The van der Waals surface area contributed by atoms with E-state index in [4.69, 9.17) is 0 Å². The average Bonchev–Trinajstić information content (AvgIpc) is 2.92. The van der Waals surface area contributed by atoms with Gasteiger partial charge in [-0.05, 0) is 38.1 Å². The lowest BCUT2D eigenvalue weighted by Crippen LogP contribution is -2.42. The van der Waals surface area contributed by atoms with Crippen molar-refractivity contribution in [3.05, 3.63) is 0 Å². The summed E-state index contributed by atoms with van der Waals surface area (Å²) in [5.41, 5.74) is 0. The van der Waals surface area contributed by atoms with E-state index < -0.39 is 0 Å². The average molecular weight is 239 g/mol. The normalized spacial score (nSPS) is 24.2. The third-order valence-electron chi connectivity index (χ3n) is 3.66. The molecule has 17 heavy (non-hydrogen) atoms. The number of amides is 1. The van der Waals surface area contributed by atoms with Crippen LogP contribution in [0.4, 0.5) is 0 Å². The van der Waals surface area contributed by atoms with Gasteiger partial charge >= 0.3 is 0 Å². The first-order chi connectivity index (χ1) is 8.24. The van der Waals surface area contributed by atoms with Gasteiger partial charge in [-0.1, -0.05) is 0 Å². The number of nitrogens with zero attached hydrogens (tertiary/aromatic N) is 1. The second kappa shape index (κ2) is 6.36. The molecule has 0 radical (unpaired) electrons. The number of carbonyl (C=O) groups is 1. The van der Waals surface area contributed by atoms with E-state index in [1.807, 2.05) is 0 Å². The minimum absolute atomic E-state index is 0.0790. The van der Waals surface area contributed by atoms with Crippen LogP contribution in [0.2, 0.25) is 0 Å². The topological polar surface area (TPSA) is 44.4 Å². The SMILES string of the molecule is CC(=O)NCCN(CC1CC1)CC1CCCN1. The summed E-state index contributed by atoms with van der Waals surface area (Å²) in [5.74, 6) is 1.00. The Bertz CT molecular complexity index is 247. The van der Waals surface area contributed by atoms with Gasteiger partial charge < -0.3 is 10.6 Å². The second-order valence-corrected chi connectivity index (χ2v) is 5.48. The molecule has 2 fully saturated rings. The molecular weight excluding hydrogens is 214 g/mol. The fourth-order valence-electron chi connectivity index (χ4n) is 2.54. The Labute approximate surface area is 104 Å². The third-order valence-corrected chi connectivity index (χ3v) is 3.66. The number of hydrogen-bond donors (Lipinski definition) is 2. The Morgan fingerprint density at radius 3 is 2.76 bits per heavy atom. The molecular formula is C13H25N3O. The lowest BCUT2D eigenvalue weighted by Gasteiger charge is -2.25. The van der Waals surface area contributed by atoms with Crippen molar-refractivity contribution in [1.29, 1.82) is 0 Å². The number of hydrogen-bond acceptors (Lipinski definition) is 3. The Balaban J connectivity index is 1.68. The summed E-state index contributed by atoms with van der Waals surface area (Å²) in [4.78, 5) is 13.4. The van der Waals surface area contributed by atoms with Crippen LogP contribution in [0, 0.1) is 5.92 Å². The smallest absolute Gasteiger partial charge is 0.216 e. The van der Waals surface area contributed by atoms with Crippen molar-refractivity contribution in [2.24, 2.45) is 5.92 Å². The van der Waals surface area contributed by atoms with Crippen molar-refractivity contribution in [2.75, 3.05) is 32.7 Å². The molecule has 1 saturated heterocycles. The van der Waals surface area contributed by atoms with E-state index >= 15 is 0 Å². The minimum atomic E-state index is 0.0790. The number of carbonyl (C=O) groups excluding carboxylic acids is 1. The summed E-state index contributed by atoms with van der Waals surface area (Å²) in [5, 5.41) is 6.44. The van der Waals surface area contributed by atoms with Gasteiger partial charge in [-0.2, -0.15) is 0 Å². The van der Waals surface area contributed by atoms with Gasteiger partial charge in [-0.25, -0.2) is 0 Å². The van der Waals surface area contributed by atoms with E-state index in [2.05, 4.69) is 15.5 Å². The molecule has 0 aromatic heterocycles. The quantitative estimate of drug-likeness (QED) is 0.683. The third kappa shape index (κ3) is 5.04. The van der Waals surface area contributed by atoms with Crippen LogP contribution in [0.25, 0.3) is 0 Å². The van der Waals surface area contributed by atoms with Crippen LogP contribution in [0.3, 0.4) is 0 Å². The molecule has 1 amide bonds. The van der Waals surface area contributed by atoms with E-state index in [-0.39, 0.29) is 5.91 Å². The highest BCUT2D eigenvalue weighted by Crippen LogP contribution is 2.29. The molecule has 1 unspecified atom stereocenters. The molecule has 0 spiro atoms. The molecule has 1 aliphatic heterocycles. The van der Waals surface area contributed by atoms with Crippen molar-refractivity contribution >= 4 is 5.91 Å². The highest BCUT2D eigenvalue weighted by Gasteiger charge is 2.26. The summed E-state index contributed by atoms with van der Waals surface area (Å²) in [7, 11) is 0. The van der Waals surface area contributed by atoms with Crippen molar-refractivity contribution in [2.45, 2.75) is 38.6 Å². The monoisotopic (exact) mass is 239 g/mol. The van der Waals surface area contributed by atoms with Crippen molar-refractivity contribution < 1.29 is 4.79 Å². The van der Waals surface area contributed by atoms with Crippen LogP contribution in [0.1, 0.15) is 32.6 Å². The summed E-state index contributed by atoms with van der Waals surface area (Å²) in [6, 6.07) is 0.672. The van der Waals surface area contributed by atoms with E-state index in [0.717, 1.165) is 25.6 Å². The maximum absolute atomic E-state index is 10.9. The van der Waals surface area contributed by atoms with Gasteiger partial charge in [0.15, 0.2) is 0 Å². The lowest BCUT2D eigenvalue weighted by atomic mass is 10.2. The number of rotatable bonds is 7. The highest BCUT2D eigenvalue weighted by molar-refractivity contribution is 5.72. The molecule has 1 aliphatic carbocycles.